The Morgan fingerprint density at radius 3 is 3.00 bits per heavy atom. The first-order chi connectivity index (χ1) is 5.77. The largest absolute Gasteiger partial charge is 0.269 e. The molecule has 0 aromatic carbocycles. The van der Waals surface area contributed by atoms with E-state index in [1.54, 1.807) is 0 Å². The Morgan fingerprint density at radius 2 is 2.17 bits per heavy atom. The molecule has 2 rings (SSSR count). The Labute approximate surface area is 67.1 Å². The van der Waals surface area contributed by atoms with Gasteiger partial charge in [-0.3, -0.25) is 9.20 Å². The highest BCUT2D eigenvalue weighted by Gasteiger charge is 1.96. The molecule has 0 saturated carbocycles. The number of nitrogens with zero attached hydrogens (tertiary/aromatic N) is 2. The Hall–Kier alpha value is -1.71. The highest BCUT2D eigenvalue weighted by Crippen LogP contribution is 1.98. The summed E-state index contributed by atoms with van der Waals surface area (Å²) in [6, 6.07) is 4.00. The average molecular weight is 164 g/mol. The standard InChI is InChI=1S/C8H5FN2O/c9-6-1-2-7-10-4-3-8(12)11(7)5-6/h1-5H. The van der Waals surface area contributed by atoms with Crippen LogP contribution in [0.3, 0.4) is 0 Å². The summed E-state index contributed by atoms with van der Waals surface area (Å²) in [6.07, 6.45) is 2.51. The van der Waals surface area contributed by atoms with E-state index in [4.69, 9.17) is 0 Å². The van der Waals surface area contributed by atoms with Gasteiger partial charge in [0.25, 0.3) is 5.56 Å². The maximum Gasteiger partial charge on any atom is 0.257 e. The van der Waals surface area contributed by atoms with Crippen molar-refractivity contribution in [2.45, 2.75) is 0 Å². The fourth-order valence-corrected chi connectivity index (χ4v) is 1.01. The van der Waals surface area contributed by atoms with Crippen LogP contribution < -0.4 is 5.56 Å². The van der Waals surface area contributed by atoms with Crippen molar-refractivity contribution in [3.8, 4) is 0 Å². The van der Waals surface area contributed by atoms with Gasteiger partial charge in [-0.25, -0.2) is 9.37 Å². The van der Waals surface area contributed by atoms with Gasteiger partial charge < -0.3 is 0 Å². The minimum atomic E-state index is -0.447. The molecule has 0 N–H and O–H groups in total. The van der Waals surface area contributed by atoms with E-state index in [2.05, 4.69) is 4.98 Å². The van der Waals surface area contributed by atoms with Gasteiger partial charge in [-0.15, -0.1) is 0 Å². The number of aromatic nitrogens is 2. The van der Waals surface area contributed by atoms with Crippen molar-refractivity contribution in [3.63, 3.8) is 0 Å². The van der Waals surface area contributed by atoms with Crippen LogP contribution in [0.1, 0.15) is 0 Å². The number of hydrogen-bond donors (Lipinski definition) is 0. The van der Waals surface area contributed by atoms with E-state index in [0.717, 1.165) is 10.6 Å². The SMILES string of the molecule is O=c1ccnc2ccc(F)cn12. The number of hydrogen-bond acceptors (Lipinski definition) is 2. The van der Waals surface area contributed by atoms with Gasteiger partial charge in [0, 0.05) is 18.5 Å². The van der Waals surface area contributed by atoms with Crippen LogP contribution in [0.4, 0.5) is 4.39 Å². The summed E-state index contributed by atoms with van der Waals surface area (Å²) < 4.78 is 13.8. The smallest absolute Gasteiger partial charge is 0.257 e. The maximum atomic E-state index is 12.6. The molecule has 2 aromatic heterocycles. The molecule has 0 fully saturated rings. The lowest BCUT2D eigenvalue weighted by atomic mass is 10.4. The lowest BCUT2D eigenvalue weighted by Crippen LogP contribution is -2.12. The van der Waals surface area contributed by atoms with E-state index >= 15 is 0 Å². The fraction of sp³-hybridized carbons (Fsp3) is 0. The molecular weight excluding hydrogens is 159 g/mol. The summed E-state index contributed by atoms with van der Waals surface area (Å²) >= 11 is 0. The molecule has 0 aliphatic heterocycles. The monoisotopic (exact) mass is 164 g/mol. The predicted molar refractivity (Wildman–Crippen MR) is 41.4 cm³/mol. The van der Waals surface area contributed by atoms with Crippen molar-refractivity contribution in [2.24, 2.45) is 0 Å². The molecule has 12 heavy (non-hydrogen) atoms. The number of rotatable bonds is 0. The molecule has 60 valence electrons. The Bertz CT molecular complexity index is 478. The van der Waals surface area contributed by atoms with Gasteiger partial charge in [0.15, 0.2) is 0 Å². The molecule has 0 unspecified atom stereocenters. The first-order valence-corrected chi connectivity index (χ1v) is 3.40. The van der Waals surface area contributed by atoms with Gasteiger partial charge in [-0.2, -0.15) is 0 Å². The molecule has 0 bridgehead atoms. The van der Waals surface area contributed by atoms with E-state index < -0.39 is 5.82 Å². The normalized spacial score (nSPS) is 10.4. The van der Waals surface area contributed by atoms with Crippen LogP contribution in [0.2, 0.25) is 0 Å². The predicted octanol–water partition coefficient (Wildman–Crippen LogP) is 0.834. The third-order valence-corrected chi connectivity index (χ3v) is 1.55. The Morgan fingerprint density at radius 1 is 1.33 bits per heavy atom. The fourth-order valence-electron chi connectivity index (χ4n) is 1.01. The summed E-state index contributed by atoms with van der Waals surface area (Å²) in [5.41, 5.74) is 0.170. The second-order valence-corrected chi connectivity index (χ2v) is 2.36. The second kappa shape index (κ2) is 2.41. The minimum absolute atomic E-state index is 0.278. The molecule has 2 heterocycles. The summed E-state index contributed by atoms with van der Waals surface area (Å²) in [5.74, 6) is -0.447. The number of pyridine rings is 1. The zero-order valence-electron chi connectivity index (χ0n) is 6.07. The highest BCUT2D eigenvalue weighted by molar-refractivity contribution is 5.36. The third-order valence-electron chi connectivity index (χ3n) is 1.55. The van der Waals surface area contributed by atoms with Gasteiger partial charge >= 0.3 is 0 Å². The zero-order valence-corrected chi connectivity index (χ0v) is 6.07. The van der Waals surface area contributed by atoms with Crippen molar-refractivity contribution in [1.82, 2.24) is 9.38 Å². The van der Waals surface area contributed by atoms with E-state index in [1.165, 1.54) is 24.4 Å². The van der Waals surface area contributed by atoms with Crippen LogP contribution in [-0.2, 0) is 0 Å². The van der Waals surface area contributed by atoms with Crippen LogP contribution in [0.15, 0.2) is 35.4 Å². The molecule has 4 heteroatoms. The van der Waals surface area contributed by atoms with Crippen molar-refractivity contribution in [2.75, 3.05) is 0 Å². The van der Waals surface area contributed by atoms with E-state index in [-0.39, 0.29) is 5.56 Å². The molecule has 0 radical (unpaired) electrons. The number of fused-ring (bicyclic) bond motifs is 1. The summed E-state index contributed by atoms with van der Waals surface area (Å²) in [7, 11) is 0. The molecule has 2 aromatic rings. The molecule has 0 atom stereocenters. The average Bonchev–Trinajstić information content (AvgIpc) is 2.07. The molecule has 0 saturated heterocycles. The molecule has 0 aliphatic rings. The van der Waals surface area contributed by atoms with Gasteiger partial charge in [-0.1, -0.05) is 0 Å². The van der Waals surface area contributed by atoms with Crippen LogP contribution in [0, 0.1) is 5.82 Å². The van der Waals surface area contributed by atoms with Crippen molar-refractivity contribution in [1.29, 1.82) is 0 Å². The second-order valence-electron chi connectivity index (χ2n) is 2.36. The summed E-state index contributed by atoms with van der Waals surface area (Å²) in [4.78, 5) is 15.0. The van der Waals surface area contributed by atoms with Crippen molar-refractivity contribution >= 4 is 5.65 Å². The third kappa shape index (κ3) is 0.972. The zero-order chi connectivity index (χ0) is 8.55. The van der Waals surface area contributed by atoms with Crippen LogP contribution in [0.25, 0.3) is 5.65 Å². The minimum Gasteiger partial charge on any atom is -0.269 e. The van der Waals surface area contributed by atoms with Crippen molar-refractivity contribution < 1.29 is 4.39 Å². The van der Waals surface area contributed by atoms with Gasteiger partial charge in [0.05, 0.1) is 0 Å². The molecule has 0 spiro atoms. The van der Waals surface area contributed by atoms with Crippen molar-refractivity contribution in [3.05, 3.63) is 46.8 Å². The lowest BCUT2D eigenvalue weighted by Gasteiger charge is -1.96. The Kier molecular flexibility index (Phi) is 1.40. The summed E-state index contributed by atoms with van der Waals surface area (Å²) in [5, 5.41) is 0. The molecule has 3 nitrogen and oxygen atoms in total. The molecular formula is C8H5FN2O. The topological polar surface area (TPSA) is 34.4 Å². The first-order valence-electron chi connectivity index (χ1n) is 3.40. The Balaban J connectivity index is 2.98. The van der Waals surface area contributed by atoms with Crippen LogP contribution in [-0.4, -0.2) is 9.38 Å². The number of halogens is 1. The first kappa shape index (κ1) is 6.97. The van der Waals surface area contributed by atoms with Gasteiger partial charge in [-0.05, 0) is 12.1 Å². The molecule has 0 amide bonds. The van der Waals surface area contributed by atoms with Gasteiger partial charge in [0.1, 0.15) is 11.5 Å². The van der Waals surface area contributed by atoms with Gasteiger partial charge in [0.2, 0.25) is 0 Å². The quantitative estimate of drug-likeness (QED) is 0.578. The van der Waals surface area contributed by atoms with Crippen LogP contribution >= 0.6 is 0 Å². The van der Waals surface area contributed by atoms with E-state index in [0.29, 0.717) is 5.65 Å². The maximum absolute atomic E-state index is 12.6. The van der Waals surface area contributed by atoms with E-state index in [1.807, 2.05) is 0 Å². The molecule has 0 aliphatic carbocycles. The van der Waals surface area contributed by atoms with Crippen LogP contribution in [0.5, 0.6) is 0 Å². The lowest BCUT2D eigenvalue weighted by molar-refractivity contribution is 0.617. The van der Waals surface area contributed by atoms with E-state index in [9.17, 15) is 9.18 Å². The summed E-state index contributed by atoms with van der Waals surface area (Å²) in [6.45, 7) is 0. The highest BCUT2D eigenvalue weighted by atomic mass is 19.1.